The summed E-state index contributed by atoms with van der Waals surface area (Å²) in [7, 11) is 1.78. The van der Waals surface area contributed by atoms with Crippen LogP contribution in [0.25, 0.3) is 6.08 Å². The van der Waals surface area contributed by atoms with Crippen LogP contribution in [0.4, 0.5) is 10.1 Å². The third kappa shape index (κ3) is 4.03. The average molecular weight is 380 g/mol. The number of piperidine rings is 1. The number of benzene rings is 2. The third-order valence-electron chi connectivity index (χ3n) is 5.38. The second-order valence-electron chi connectivity index (χ2n) is 7.52. The number of rotatable bonds is 4. The smallest absolute Gasteiger partial charge is 0.253 e. The highest BCUT2D eigenvalue weighted by Gasteiger charge is 2.21. The first-order valence-corrected chi connectivity index (χ1v) is 9.82. The Kier molecular flexibility index (Phi) is 5.33. The van der Waals surface area contributed by atoms with Gasteiger partial charge in [0.05, 0.1) is 5.57 Å². The lowest BCUT2D eigenvalue weighted by Gasteiger charge is -2.29. The maximum Gasteiger partial charge on any atom is 0.253 e. The van der Waals surface area contributed by atoms with E-state index in [0.717, 1.165) is 18.7 Å². The van der Waals surface area contributed by atoms with E-state index in [9.17, 15) is 9.18 Å². The van der Waals surface area contributed by atoms with Crippen molar-refractivity contribution in [3.63, 3.8) is 0 Å². The highest BCUT2D eigenvalue weighted by molar-refractivity contribution is 5.99. The van der Waals surface area contributed by atoms with Gasteiger partial charge in [-0.3, -0.25) is 4.79 Å². The summed E-state index contributed by atoms with van der Waals surface area (Å²) in [4.78, 5) is 16.9. The van der Waals surface area contributed by atoms with Gasteiger partial charge in [0.15, 0.2) is 0 Å². The van der Waals surface area contributed by atoms with Crippen LogP contribution in [0.1, 0.15) is 30.4 Å². The van der Waals surface area contributed by atoms with Gasteiger partial charge >= 0.3 is 0 Å². The number of hydrogen-bond acceptors (Lipinski definition) is 3. The third-order valence-corrected chi connectivity index (χ3v) is 5.38. The number of halogens is 1. The van der Waals surface area contributed by atoms with E-state index >= 15 is 0 Å². The van der Waals surface area contributed by atoms with E-state index in [1.165, 1.54) is 37.1 Å². The number of fused-ring (bicyclic) bond motifs is 1. The van der Waals surface area contributed by atoms with Gasteiger partial charge in [0.1, 0.15) is 18.2 Å². The Morgan fingerprint density at radius 2 is 1.86 bits per heavy atom. The zero-order valence-electron chi connectivity index (χ0n) is 16.2. The van der Waals surface area contributed by atoms with Gasteiger partial charge in [0.2, 0.25) is 0 Å². The Hall–Kier alpha value is -2.82. The van der Waals surface area contributed by atoms with Gasteiger partial charge in [-0.15, -0.1) is 0 Å². The van der Waals surface area contributed by atoms with Gasteiger partial charge in [0, 0.05) is 37.9 Å². The molecular formula is C23H25FN2O2. The highest BCUT2D eigenvalue weighted by Crippen LogP contribution is 2.28. The molecule has 0 radical (unpaired) electrons. The van der Waals surface area contributed by atoms with Crippen molar-refractivity contribution in [2.45, 2.75) is 25.8 Å². The molecule has 0 N–H and O–H groups in total. The highest BCUT2D eigenvalue weighted by atomic mass is 19.1. The van der Waals surface area contributed by atoms with Crippen molar-refractivity contribution >= 4 is 17.7 Å². The van der Waals surface area contributed by atoms with Crippen molar-refractivity contribution in [2.75, 3.05) is 31.6 Å². The van der Waals surface area contributed by atoms with Crippen molar-refractivity contribution in [3.05, 3.63) is 65.0 Å². The number of anilines is 1. The molecule has 4 nitrogen and oxygen atoms in total. The summed E-state index contributed by atoms with van der Waals surface area (Å²) in [5.41, 5.74) is 3.47. The molecule has 28 heavy (non-hydrogen) atoms. The number of ether oxygens (including phenoxy) is 1. The molecule has 1 amide bonds. The van der Waals surface area contributed by atoms with E-state index in [1.54, 1.807) is 24.1 Å². The zero-order chi connectivity index (χ0) is 19.5. The van der Waals surface area contributed by atoms with E-state index in [0.29, 0.717) is 23.4 Å². The monoisotopic (exact) mass is 380 g/mol. The van der Waals surface area contributed by atoms with Crippen LogP contribution in [0.5, 0.6) is 5.75 Å². The molecule has 1 fully saturated rings. The number of hydrogen-bond donors (Lipinski definition) is 0. The second-order valence-corrected chi connectivity index (χ2v) is 7.52. The van der Waals surface area contributed by atoms with Crippen LogP contribution in [-0.4, -0.2) is 37.6 Å². The maximum atomic E-state index is 13.5. The molecule has 0 unspecified atom stereocenters. The molecule has 2 heterocycles. The summed E-state index contributed by atoms with van der Waals surface area (Å²) >= 11 is 0. The maximum absolute atomic E-state index is 13.5. The Morgan fingerprint density at radius 1 is 1.11 bits per heavy atom. The van der Waals surface area contributed by atoms with Crippen molar-refractivity contribution in [1.82, 2.24) is 4.90 Å². The topological polar surface area (TPSA) is 32.8 Å². The van der Waals surface area contributed by atoms with E-state index in [4.69, 9.17) is 4.74 Å². The van der Waals surface area contributed by atoms with E-state index in [1.807, 2.05) is 0 Å². The van der Waals surface area contributed by atoms with E-state index in [2.05, 4.69) is 29.2 Å². The van der Waals surface area contributed by atoms with Gasteiger partial charge in [-0.25, -0.2) is 4.39 Å². The Labute approximate surface area is 165 Å². The molecule has 0 atom stereocenters. The van der Waals surface area contributed by atoms with Gasteiger partial charge in [0.25, 0.3) is 5.91 Å². The largest absolute Gasteiger partial charge is 0.488 e. The van der Waals surface area contributed by atoms with Crippen molar-refractivity contribution < 1.29 is 13.9 Å². The van der Waals surface area contributed by atoms with Crippen LogP contribution in [0.15, 0.2) is 48.0 Å². The molecule has 0 aromatic heterocycles. The van der Waals surface area contributed by atoms with Crippen molar-refractivity contribution in [1.29, 1.82) is 0 Å². The molecule has 0 bridgehead atoms. The number of amides is 1. The predicted molar refractivity (Wildman–Crippen MR) is 109 cm³/mol. The molecule has 2 aliphatic rings. The summed E-state index contributed by atoms with van der Waals surface area (Å²) in [6, 6.07) is 12.8. The first kappa shape index (κ1) is 18.5. The van der Waals surface area contributed by atoms with Gasteiger partial charge < -0.3 is 14.5 Å². The van der Waals surface area contributed by atoms with Gasteiger partial charge in [-0.2, -0.15) is 0 Å². The molecule has 2 aromatic carbocycles. The fourth-order valence-corrected chi connectivity index (χ4v) is 3.83. The molecule has 146 valence electrons. The second kappa shape index (κ2) is 8.05. The van der Waals surface area contributed by atoms with Crippen LogP contribution in [0.3, 0.4) is 0 Å². The predicted octanol–water partition coefficient (Wildman–Crippen LogP) is 4.25. The van der Waals surface area contributed by atoms with Crippen LogP contribution >= 0.6 is 0 Å². The number of carbonyl (C=O) groups is 1. The number of likely N-dealkylation sites (N-methyl/N-ethyl adjacent to an activating group) is 1. The van der Waals surface area contributed by atoms with E-state index in [-0.39, 0.29) is 18.3 Å². The molecular weight excluding hydrogens is 355 g/mol. The first-order chi connectivity index (χ1) is 13.6. The average Bonchev–Trinajstić information content (AvgIpc) is 2.73. The molecule has 0 aliphatic carbocycles. The minimum absolute atomic E-state index is 0.102. The lowest BCUT2D eigenvalue weighted by atomic mass is 10.1. The first-order valence-electron chi connectivity index (χ1n) is 9.82. The Balaban J connectivity index is 1.42. The molecule has 0 spiro atoms. The Bertz CT molecular complexity index is 886. The van der Waals surface area contributed by atoms with Gasteiger partial charge in [-0.1, -0.05) is 12.1 Å². The molecule has 2 aromatic rings. The minimum Gasteiger partial charge on any atom is -0.488 e. The standard InChI is InChI=1S/C23H25FN2O2/c1-25(15-17-5-8-21(9-6-17)26-11-3-2-4-12-26)23(27)19-13-18-14-20(24)7-10-22(18)28-16-19/h5-10,13-14H,2-4,11-12,15-16H2,1H3. The molecule has 1 saturated heterocycles. The summed E-state index contributed by atoms with van der Waals surface area (Å²) < 4.78 is 19.1. The van der Waals surface area contributed by atoms with Gasteiger partial charge in [-0.05, 0) is 61.2 Å². The van der Waals surface area contributed by atoms with Crippen LogP contribution in [-0.2, 0) is 11.3 Å². The summed E-state index contributed by atoms with van der Waals surface area (Å²) in [5, 5.41) is 0. The fraction of sp³-hybridized carbons (Fsp3) is 0.348. The lowest BCUT2D eigenvalue weighted by molar-refractivity contribution is -0.126. The van der Waals surface area contributed by atoms with E-state index < -0.39 is 0 Å². The normalized spacial score (nSPS) is 16.1. The lowest BCUT2D eigenvalue weighted by Crippen LogP contribution is -2.31. The number of carbonyl (C=O) groups excluding carboxylic acids is 1. The quantitative estimate of drug-likeness (QED) is 0.795. The fourth-order valence-electron chi connectivity index (χ4n) is 3.83. The van der Waals surface area contributed by atoms with Crippen LogP contribution in [0.2, 0.25) is 0 Å². The summed E-state index contributed by atoms with van der Waals surface area (Å²) in [5.74, 6) is 0.165. The minimum atomic E-state index is -0.338. The summed E-state index contributed by atoms with van der Waals surface area (Å²) in [6.45, 7) is 2.96. The SMILES string of the molecule is CN(Cc1ccc(N2CCCCC2)cc1)C(=O)C1=Cc2cc(F)ccc2OC1. The zero-order valence-corrected chi connectivity index (χ0v) is 16.2. The van der Waals surface area contributed by atoms with Crippen LogP contribution < -0.4 is 9.64 Å². The van der Waals surface area contributed by atoms with Crippen molar-refractivity contribution in [2.24, 2.45) is 0 Å². The molecule has 4 rings (SSSR count). The number of nitrogens with zero attached hydrogens (tertiary/aromatic N) is 2. The Morgan fingerprint density at radius 3 is 2.61 bits per heavy atom. The molecule has 0 saturated carbocycles. The van der Waals surface area contributed by atoms with Crippen LogP contribution in [0, 0.1) is 5.82 Å². The summed E-state index contributed by atoms with van der Waals surface area (Å²) in [6.07, 6.45) is 5.55. The molecule has 5 heteroatoms. The molecule has 2 aliphatic heterocycles. The van der Waals surface area contributed by atoms with Crippen molar-refractivity contribution in [3.8, 4) is 5.75 Å².